The van der Waals surface area contributed by atoms with Crippen LogP contribution < -0.4 is 10.1 Å². The third kappa shape index (κ3) is 5.06. The predicted octanol–water partition coefficient (Wildman–Crippen LogP) is 4.63. The molecule has 2 N–H and O–H groups in total. The van der Waals surface area contributed by atoms with E-state index in [2.05, 4.69) is 65.3 Å². The molecule has 0 aliphatic carbocycles. The van der Waals surface area contributed by atoms with Gasteiger partial charge in [0.2, 0.25) is 0 Å². The molecular formula is C20H25NO2S. The van der Waals surface area contributed by atoms with Crippen molar-refractivity contribution in [2.24, 2.45) is 0 Å². The van der Waals surface area contributed by atoms with E-state index in [9.17, 15) is 0 Å². The lowest BCUT2D eigenvalue weighted by atomic mass is 10.1. The highest BCUT2D eigenvalue weighted by Crippen LogP contribution is 2.32. The van der Waals surface area contributed by atoms with Gasteiger partial charge in [0.1, 0.15) is 11.9 Å². The monoisotopic (exact) mass is 343 g/mol. The highest BCUT2D eigenvalue weighted by atomic mass is 32.1. The molecule has 1 heterocycles. The Morgan fingerprint density at radius 3 is 2.54 bits per heavy atom. The molecule has 1 atom stereocenters. The van der Waals surface area contributed by atoms with Crippen LogP contribution in [0, 0.1) is 0 Å². The summed E-state index contributed by atoms with van der Waals surface area (Å²) < 4.78 is 6.34. The first-order valence-corrected chi connectivity index (χ1v) is 9.11. The minimum absolute atomic E-state index is 0.100. The van der Waals surface area contributed by atoms with Crippen LogP contribution in [0.15, 0.2) is 60.0 Å². The number of fused-ring (bicyclic) bond motifs is 1. The van der Waals surface area contributed by atoms with E-state index < -0.39 is 0 Å². The Morgan fingerprint density at radius 2 is 1.83 bits per heavy atom. The molecule has 3 nitrogen and oxygen atoms in total. The molecule has 0 saturated heterocycles. The summed E-state index contributed by atoms with van der Waals surface area (Å²) in [5.74, 6) is 0.961. The highest BCUT2D eigenvalue weighted by Gasteiger charge is 2.15. The quantitative estimate of drug-likeness (QED) is 0.686. The van der Waals surface area contributed by atoms with Gasteiger partial charge >= 0.3 is 0 Å². The Kier molecular flexibility index (Phi) is 7.75. The van der Waals surface area contributed by atoms with E-state index in [1.165, 1.54) is 15.6 Å². The average Bonchev–Trinajstić information content (AvgIpc) is 3.14. The molecule has 0 fully saturated rings. The normalized spacial score (nSPS) is 11.6. The molecule has 0 bridgehead atoms. The van der Waals surface area contributed by atoms with E-state index in [1.54, 1.807) is 18.3 Å². The van der Waals surface area contributed by atoms with Crippen LogP contribution >= 0.6 is 11.3 Å². The molecule has 0 aliphatic rings. The summed E-state index contributed by atoms with van der Waals surface area (Å²) in [6.07, 6.45) is 1.06. The maximum atomic E-state index is 7.57. The number of aliphatic hydroxyl groups is 1. The van der Waals surface area contributed by atoms with E-state index >= 15 is 0 Å². The number of ether oxygens (including phenoxy) is 1. The Labute approximate surface area is 147 Å². The van der Waals surface area contributed by atoms with Crippen LogP contribution in [-0.2, 0) is 0 Å². The molecule has 128 valence electrons. The van der Waals surface area contributed by atoms with Crippen molar-refractivity contribution in [3.8, 4) is 5.75 Å². The molecule has 1 aromatic heterocycles. The Bertz CT molecular complexity index is 707. The lowest BCUT2D eigenvalue weighted by molar-refractivity contribution is 0.201. The zero-order valence-corrected chi connectivity index (χ0v) is 15.1. The van der Waals surface area contributed by atoms with Crippen LogP contribution in [0.3, 0.4) is 0 Å². The zero-order chi connectivity index (χ0) is 17.2. The van der Waals surface area contributed by atoms with Crippen molar-refractivity contribution in [2.75, 3.05) is 20.2 Å². The van der Waals surface area contributed by atoms with Gasteiger partial charge in [-0.1, -0.05) is 42.5 Å². The van der Waals surface area contributed by atoms with E-state index in [0.29, 0.717) is 0 Å². The number of hydrogen-bond donors (Lipinski definition) is 2. The number of aliphatic hydroxyl groups excluding tert-OH is 1. The first-order valence-electron chi connectivity index (χ1n) is 8.23. The number of nitrogens with one attached hydrogen (secondary N) is 1. The maximum Gasteiger partial charge on any atom is 0.134 e. The number of rotatable bonds is 6. The SMILES string of the molecule is CCO.CNCC[C@H](Oc1cccc2ccccc12)c1cccs1. The van der Waals surface area contributed by atoms with Crippen molar-refractivity contribution in [3.05, 3.63) is 64.9 Å². The topological polar surface area (TPSA) is 41.5 Å². The minimum Gasteiger partial charge on any atom is -0.484 e. The second-order valence-electron chi connectivity index (χ2n) is 5.31. The van der Waals surface area contributed by atoms with Gasteiger partial charge in [-0.15, -0.1) is 11.3 Å². The van der Waals surface area contributed by atoms with Gasteiger partial charge in [-0.2, -0.15) is 0 Å². The van der Waals surface area contributed by atoms with Crippen molar-refractivity contribution in [1.29, 1.82) is 0 Å². The highest BCUT2D eigenvalue weighted by molar-refractivity contribution is 7.10. The number of benzene rings is 2. The van der Waals surface area contributed by atoms with E-state index in [-0.39, 0.29) is 12.7 Å². The van der Waals surface area contributed by atoms with Crippen LogP contribution in [0.25, 0.3) is 10.8 Å². The first kappa shape index (κ1) is 18.5. The molecule has 0 saturated carbocycles. The molecule has 3 aromatic rings. The fourth-order valence-electron chi connectivity index (χ4n) is 2.46. The Morgan fingerprint density at radius 1 is 1.08 bits per heavy atom. The second kappa shape index (κ2) is 10.1. The summed E-state index contributed by atoms with van der Waals surface area (Å²) in [5.41, 5.74) is 0. The average molecular weight is 343 g/mol. The molecule has 4 heteroatoms. The molecular weight excluding hydrogens is 318 g/mol. The van der Waals surface area contributed by atoms with Crippen molar-refractivity contribution < 1.29 is 9.84 Å². The van der Waals surface area contributed by atoms with Gasteiger partial charge in [-0.3, -0.25) is 0 Å². The van der Waals surface area contributed by atoms with Gasteiger partial charge in [0.15, 0.2) is 0 Å². The molecule has 0 spiro atoms. The molecule has 2 aromatic carbocycles. The van der Waals surface area contributed by atoms with Crippen molar-refractivity contribution in [1.82, 2.24) is 5.32 Å². The van der Waals surface area contributed by atoms with Crippen LogP contribution in [0.1, 0.15) is 24.3 Å². The third-order valence-electron chi connectivity index (χ3n) is 3.54. The summed E-state index contributed by atoms with van der Waals surface area (Å²) >= 11 is 1.75. The van der Waals surface area contributed by atoms with E-state index in [4.69, 9.17) is 9.84 Å². The third-order valence-corrected chi connectivity index (χ3v) is 4.50. The van der Waals surface area contributed by atoms with Gasteiger partial charge in [-0.25, -0.2) is 0 Å². The summed E-state index contributed by atoms with van der Waals surface area (Å²) in [4.78, 5) is 1.28. The summed E-state index contributed by atoms with van der Waals surface area (Å²) in [7, 11) is 1.98. The summed E-state index contributed by atoms with van der Waals surface area (Å²) in [5, 5.41) is 15.3. The molecule has 3 rings (SSSR count). The lowest BCUT2D eigenvalue weighted by Crippen LogP contribution is -2.15. The van der Waals surface area contributed by atoms with Crippen molar-refractivity contribution in [3.63, 3.8) is 0 Å². The Hall–Kier alpha value is -1.88. The van der Waals surface area contributed by atoms with Gasteiger partial charge < -0.3 is 15.2 Å². The second-order valence-corrected chi connectivity index (χ2v) is 6.29. The lowest BCUT2D eigenvalue weighted by Gasteiger charge is -2.19. The molecule has 0 unspecified atom stereocenters. The number of thiophene rings is 1. The van der Waals surface area contributed by atoms with Gasteiger partial charge in [-0.05, 0) is 43.4 Å². The number of hydrogen-bond acceptors (Lipinski definition) is 4. The summed E-state index contributed by atoms with van der Waals surface area (Å²) in [6.45, 7) is 2.87. The molecule has 0 aliphatic heterocycles. The van der Waals surface area contributed by atoms with Crippen molar-refractivity contribution >= 4 is 22.1 Å². The van der Waals surface area contributed by atoms with Crippen LogP contribution in [0.2, 0.25) is 0 Å². The van der Waals surface area contributed by atoms with E-state index in [1.807, 2.05) is 7.05 Å². The molecule has 24 heavy (non-hydrogen) atoms. The smallest absolute Gasteiger partial charge is 0.134 e. The van der Waals surface area contributed by atoms with Gasteiger partial charge in [0, 0.05) is 23.3 Å². The van der Waals surface area contributed by atoms with Crippen LogP contribution in [0.5, 0.6) is 5.75 Å². The molecule has 0 amide bonds. The van der Waals surface area contributed by atoms with Crippen molar-refractivity contribution in [2.45, 2.75) is 19.4 Å². The molecule has 0 radical (unpaired) electrons. The maximum absolute atomic E-state index is 7.57. The van der Waals surface area contributed by atoms with Gasteiger partial charge in [0.25, 0.3) is 0 Å². The van der Waals surface area contributed by atoms with Crippen LogP contribution in [0.4, 0.5) is 0 Å². The predicted molar refractivity (Wildman–Crippen MR) is 103 cm³/mol. The minimum atomic E-state index is 0.100. The standard InChI is InChI=1S/C18H19NOS.C2H6O/c1-19-12-11-17(18-10-5-13-21-18)20-16-9-4-7-14-6-2-3-8-15(14)16;1-2-3/h2-10,13,17,19H,11-12H2,1H3;3H,2H2,1H3/t17-;/m0./s1. The zero-order valence-electron chi connectivity index (χ0n) is 14.2. The fraction of sp³-hybridized carbons (Fsp3) is 0.300. The van der Waals surface area contributed by atoms with Gasteiger partial charge in [0.05, 0.1) is 0 Å². The summed E-state index contributed by atoms with van der Waals surface area (Å²) in [6, 6.07) is 18.8. The van der Waals surface area contributed by atoms with E-state index in [0.717, 1.165) is 18.7 Å². The largest absolute Gasteiger partial charge is 0.484 e. The Balaban J connectivity index is 0.000000647. The first-order chi connectivity index (χ1) is 11.8. The van der Waals surface area contributed by atoms with Crippen LogP contribution in [-0.4, -0.2) is 25.3 Å². The fourth-order valence-corrected chi connectivity index (χ4v) is 3.25.